The average Bonchev–Trinajstić information content (AvgIpc) is 2.73. The Morgan fingerprint density at radius 3 is 3.00 bits per heavy atom. The van der Waals surface area contributed by atoms with Crippen molar-refractivity contribution in [1.82, 2.24) is 4.90 Å². The van der Waals surface area contributed by atoms with E-state index >= 15 is 0 Å². The van der Waals surface area contributed by atoms with Crippen LogP contribution in [-0.4, -0.2) is 28.6 Å². The lowest BCUT2D eigenvalue weighted by molar-refractivity contribution is -0.137. The van der Waals surface area contributed by atoms with Crippen LogP contribution in [0.25, 0.3) is 0 Å². The highest BCUT2D eigenvalue weighted by Crippen LogP contribution is 2.23. The van der Waals surface area contributed by atoms with Crippen LogP contribution in [0, 0.1) is 6.92 Å². The zero-order valence-electron chi connectivity index (χ0n) is 10.9. The van der Waals surface area contributed by atoms with Crippen LogP contribution in [0.5, 0.6) is 0 Å². The fraction of sp³-hybridized carbons (Fsp3) is 0.643. The number of hydrogen-bond acceptors (Lipinski definition) is 3. The summed E-state index contributed by atoms with van der Waals surface area (Å²) in [5, 5.41) is 8.79. The number of likely N-dealkylation sites (tertiary alicyclic amines) is 1. The summed E-state index contributed by atoms with van der Waals surface area (Å²) in [6.07, 6.45) is 4.52. The number of carboxylic acid groups (broad SMARTS) is 1. The summed E-state index contributed by atoms with van der Waals surface area (Å²) in [5.41, 5.74) is 0. The van der Waals surface area contributed by atoms with E-state index in [4.69, 9.17) is 9.52 Å². The first-order valence-corrected chi connectivity index (χ1v) is 6.66. The number of carboxylic acids is 1. The van der Waals surface area contributed by atoms with Gasteiger partial charge in [0.2, 0.25) is 0 Å². The molecule has 0 amide bonds. The molecule has 1 aromatic rings. The van der Waals surface area contributed by atoms with Gasteiger partial charge < -0.3 is 9.52 Å². The third-order valence-corrected chi connectivity index (χ3v) is 3.60. The van der Waals surface area contributed by atoms with Crippen LogP contribution in [0.3, 0.4) is 0 Å². The Bertz CT molecular complexity index is 399. The molecule has 0 aliphatic carbocycles. The SMILES string of the molecule is Cc1ccc(CN2CCCCC2CCC(=O)O)o1. The highest BCUT2D eigenvalue weighted by atomic mass is 16.4. The lowest BCUT2D eigenvalue weighted by atomic mass is 9.98. The van der Waals surface area contributed by atoms with E-state index in [1.807, 2.05) is 19.1 Å². The lowest BCUT2D eigenvalue weighted by Crippen LogP contribution is -2.39. The number of nitrogens with zero attached hydrogens (tertiary/aromatic N) is 1. The van der Waals surface area contributed by atoms with Gasteiger partial charge in [0, 0.05) is 12.5 Å². The smallest absolute Gasteiger partial charge is 0.303 e. The predicted molar refractivity (Wildman–Crippen MR) is 68.4 cm³/mol. The van der Waals surface area contributed by atoms with E-state index in [1.165, 1.54) is 12.8 Å². The fourth-order valence-electron chi connectivity index (χ4n) is 2.66. The first-order valence-electron chi connectivity index (χ1n) is 6.66. The van der Waals surface area contributed by atoms with Crippen molar-refractivity contribution >= 4 is 5.97 Å². The van der Waals surface area contributed by atoms with E-state index < -0.39 is 5.97 Å². The zero-order chi connectivity index (χ0) is 13.0. The molecule has 1 unspecified atom stereocenters. The van der Waals surface area contributed by atoms with Gasteiger partial charge in [-0.05, 0) is 44.9 Å². The van der Waals surface area contributed by atoms with E-state index in [0.717, 1.165) is 37.5 Å². The van der Waals surface area contributed by atoms with E-state index in [2.05, 4.69) is 4.90 Å². The number of piperidine rings is 1. The Hall–Kier alpha value is -1.29. The van der Waals surface area contributed by atoms with Crippen molar-refractivity contribution in [3.05, 3.63) is 23.7 Å². The third-order valence-electron chi connectivity index (χ3n) is 3.60. The Labute approximate surface area is 108 Å². The predicted octanol–water partition coefficient (Wildman–Crippen LogP) is 2.81. The molecule has 100 valence electrons. The van der Waals surface area contributed by atoms with Gasteiger partial charge in [-0.2, -0.15) is 0 Å². The van der Waals surface area contributed by atoms with Crippen molar-refractivity contribution in [2.24, 2.45) is 0 Å². The topological polar surface area (TPSA) is 53.7 Å². The molecular weight excluding hydrogens is 230 g/mol. The largest absolute Gasteiger partial charge is 0.481 e. The van der Waals surface area contributed by atoms with Crippen LogP contribution in [0.15, 0.2) is 16.5 Å². The highest BCUT2D eigenvalue weighted by molar-refractivity contribution is 5.66. The van der Waals surface area contributed by atoms with Gasteiger partial charge in [-0.1, -0.05) is 6.42 Å². The molecule has 2 heterocycles. The van der Waals surface area contributed by atoms with Crippen LogP contribution < -0.4 is 0 Å². The van der Waals surface area contributed by atoms with Gasteiger partial charge >= 0.3 is 5.97 Å². The molecule has 0 radical (unpaired) electrons. The minimum absolute atomic E-state index is 0.262. The number of carbonyl (C=O) groups is 1. The molecule has 0 saturated carbocycles. The summed E-state index contributed by atoms with van der Waals surface area (Å²) in [6.45, 7) is 3.80. The third kappa shape index (κ3) is 3.60. The van der Waals surface area contributed by atoms with Crippen LogP contribution in [0.4, 0.5) is 0 Å². The Morgan fingerprint density at radius 2 is 2.33 bits per heavy atom. The van der Waals surface area contributed by atoms with Crippen molar-refractivity contribution < 1.29 is 14.3 Å². The molecule has 4 nitrogen and oxygen atoms in total. The molecule has 1 saturated heterocycles. The fourth-order valence-corrected chi connectivity index (χ4v) is 2.66. The van der Waals surface area contributed by atoms with Gasteiger partial charge in [0.05, 0.1) is 6.54 Å². The van der Waals surface area contributed by atoms with Crippen molar-refractivity contribution in [1.29, 1.82) is 0 Å². The summed E-state index contributed by atoms with van der Waals surface area (Å²) in [5.74, 6) is 1.22. The number of rotatable bonds is 5. The normalized spacial score (nSPS) is 21.1. The molecule has 18 heavy (non-hydrogen) atoms. The molecule has 0 aromatic carbocycles. The summed E-state index contributed by atoms with van der Waals surface area (Å²) in [7, 11) is 0. The monoisotopic (exact) mass is 251 g/mol. The van der Waals surface area contributed by atoms with Crippen molar-refractivity contribution in [3.8, 4) is 0 Å². The van der Waals surface area contributed by atoms with Crippen molar-refractivity contribution in [2.75, 3.05) is 6.54 Å². The maximum Gasteiger partial charge on any atom is 0.303 e. The van der Waals surface area contributed by atoms with E-state index in [9.17, 15) is 4.79 Å². The molecule has 0 spiro atoms. The number of aliphatic carboxylic acids is 1. The second kappa shape index (κ2) is 6.05. The summed E-state index contributed by atoms with van der Waals surface area (Å²) in [6, 6.07) is 4.38. The maximum absolute atomic E-state index is 10.7. The van der Waals surface area contributed by atoms with E-state index in [0.29, 0.717) is 6.04 Å². The molecular formula is C14H21NO3. The number of hydrogen-bond donors (Lipinski definition) is 1. The standard InChI is InChI=1S/C14H21NO3/c1-11-5-7-13(18-11)10-15-9-3-2-4-12(15)6-8-14(16)17/h5,7,12H,2-4,6,8-10H2,1H3,(H,16,17). The van der Waals surface area contributed by atoms with Gasteiger partial charge in [0.1, 0.15) is 11.5 Å². The average molecular weight is 251 g/mol. The quantitative estimate of drug-likeness (QED) is 0.874. The Kier molecular flexibility index (Phi) is 4.42. The van der Waals surface area contributed by atoms with Crippen molar-refractivity contribution in [3.63, 3.8) is 0 Å². The van der Waals surface area contributed by atoms with Gasteiger partial charge in [-0.15, -0.1) is 0 Å². The first-order chi connectivity index (χ1) is 8.65. The molecule has 2 rings (SSSR count). The second-order valence-electron chi connectivity index (χ2n) is 5.06. The minimum atomic E-state index is -0.700. The zero-order valence-corrected chi connectivity index (χ0v) is 10.9. The molecule has 1 aliphatic rings. The van der Waals surface area contributed by atoms with Gasteiger partial charge in [0.15, 0.2) is 0 Å². The van der Waals surface area contributed by atoms with Crippen LogP contribution in [0.2, 0.25) is 0 Å². The summed E-state index contributed by atoms with van der Waals surface area (Å²) >= 11 is 0. The number of furan rings is 1. The van der Waals surface area contributed by atoms with E-state index in [-0.39, 0.29) is 6.42 Å². The second-order valence-corrected chi connectivity index (χ2v) is 5.06. The molecule has 1 N–H and O–H groups in total. The van der Waals surface area contributed by atoms with Crippen LogP contribution in [0.1, 0.15) is 43.6 Å². The summed E-state index contributed by atoms with van der Waals surface area (Å²) in [4.78, 5) is 13.0. The summed E-state index contributed by atoms with van der Waals surface area (Å²) < 4.78 is 5.60. The Balaban J connectivity index is 1.92. The molecule has 1 atom stereocenters. The lowest BCUT2D eigenvalue weighted by Gasteiger charge is -2.34. The van der Waals surface area contributed by atoms with Gasteiger partial charge in [-0.25, -0.2) is 0 Å². The maximum atomic E-state index is 10.7. The van der Waals surface area contributed by atoms with E-state index in [1.54, 1.807) is 0 Å². The molecule has 1 aromatic heterocycles. The molecule has 1 aliphatic heterocycles. The molecule has 1 fully saturated rings. The van der Waals surface area contributed by atoms with Crippen LogP contribution >= 0.6 is 0 Å². The first kappa shape index (κ1) is 13.1. The Morgan fingerprint density at radius 1 is 1.50 bits per heavy atom. The van der Waals surface area contributed by atoms with Gasteiger partial charge in [0.25, 0.3) is 0 Å². The number of aryl methyl sites for hydroxylation is 1. The highest BCUT2D eigenvalue weighted by Gasteiger charge is 2.23. The van der Waals surface area contributed by atoms with Crippen LogP contribution in [-0.2, 0) is 11.3 Å². The molecule has 4 heteroatoms. The minimum Gasteiger partial charge on any atom is -0.481 e. The van der Waals surface area contributed by atoms with Gasteiger partial charge in [-0.3, -0.25) is 9.69 Å². The van der Waals surface area contributed by atoms with Crippen molar-refractivity contribution in [2.45, 2.75) is 51.6 Å². The molecule has 0 bridgehead atoms.